The Morgan fingerprint density at radius 3 is 2.77 bits per heavy atom. The van der Waals surface area contributed by atoms with E-state index in [0.29, 0.717) is 36.2 Å². The molecule has 0 N–H and O–H groups in total. The van der Waals surface area contributed by atoms with E-state index >= 15 is 0 Å². The summed E-state index contributed by atoms with van der Waals surface area (Å²) in [6.45, 7) is 12.2. The highest BCUT2D eigenvalue weighted by Gasteiger charge is 2.97. The average Bonchev–Trinajstić information content (AvgIpc) is 3.49. The number of hydrogen-bond acceptors (Lipinski definition) is 3. The Morgan fingerprint density at radius 2 is 2.12 bits per heavy atom. The molecule has 7 fully saturated rings. The highest BCUT2D eigenvalue weighted by atomic mass is 16.7. The number of fused-ring (bicyclic) bond motifs is 4. The molecule has 2 bridgehead atoms. The van der Waals surface area contributed by atoms with Gasteiger partial charge in [-0.25, -0.2) is 0 Å². The quantitative estimate of drug-likeness (QED) is 0.557. The summed E-state index contributed by atoms with van der Waals surface area (Å²) in [4.78, 5) is 13.6. The zero-order chi connectivity index (χ0) is 18.1. The summed E-state index contributed by atoms with van der Waals surface area (Å²) in [5, 5.41) is 0. The molecule has 0 aromatic carbocycles. The summed E-state index contributed by atoms with van der Waals surface area (Å²) in [6.07, 6.45) is 8.44. The Kier molecular flexibility index (Phi) is 2.81. The van der Waals surface area contributed by atoms with Crippen LogP contribution in [0.25, 0.3) is 0 Å². The second-order valence-corrected chi connectivity index (χ2v) is 10.9. The third-order valence-electron chi connectivity index (χ3n) is 9.63. The third kappa shape index (κ3) is 1.49. The largest absolute Gasteiger partial charge is 0.365 e. The predicted molar refractivity (Wildman–Crippen MR) is 98.6 cm³/mol. The number of allylic oxidation sites excluding steroid dienone is 1. The summed E-state index contributed by atoms with van der Waals surface area (Å²) < 4.78 is 12.1. The van der Waals surface area contributed by atoms with Crippen LogP contribution in [0.15, 0.2) is 12.2 Å². The van der Waals surface area contributed by atoms with Crippen LogP contribution in [0.5, 0.6) is 0 Å². The standard InChI is InChI=1S/C23H32O3/c1-13(2)6-5-8-22-19(26-22)23(22)15(4)14(3)11-20-9-7-16(10-17(20)23)21(12-25-21)18(20)24/h13,15-17,19H,3,5-12H2,1-2,4H3. The first-order chi connectivity index (χ1) is 12.4. The molecule has 0 radical (unpaired) electrons. The molecule has 8 unspecified atom stereocenters. The normalized spacial score (nSPS) is 58.3. The number of epoxide rings is 2. The van der Waals surface area contributed by atoms with Gasteiger partial charge in [-0.3, -0.25) is 4.79 Å². The Labute approximate surface area is 156 Å². The lowest BCUT2D eigenvalue weighted by Crippen LogP contribution is -2.65. The minimum absolute atomic E-state index is 0.0810. The molecule has 7 aliphatic rings. The van der Waals surface area contributed by atoms with Crippen LogP contribution in [0.2, 0.25) is 0 Å². The molecule has 3 heteroatoms. The van der Waals surface area contributed by atoms with Crippen LogP contribution >= 0.6 is 0 Å². The minimum atomic E-state index is -0.387. The molecule has 0 amide bonds. The van der Waals surface area contributed by atoms with Gasteiger partial charge in [-0.1, -0.05) is 45.8 Å². The van der Waals surface area contributed by atoms with E-state index in [-0.39, 0.29) is 22.0 Å². The van der Waals surface area contributed by atoms with Gasteiger partial charge in [0.25, 0.3) is 0 Å². The second kappa shape index (κ2) is 4.49. The summed E-state index contributed by atoms with van der Waals surface area (Å²) in [5.41, 5.74) is 1.03. The van der Waals surface area contributed by atoms with Crippen molar-refractivity contribution in [2.45, 2.75) is 83.0 Å². The van der Waals surface area contributed by atoms with Crippen LogP contribution in [-0.2, 0) is 14.3 Å². The van der Waals surface area contributed by atoms with Crippen molar-refractivity contribution in [1.29, 1.82) is 0 Å². The van der Waals surface area contributed by atoms with E-state index in [1.165, 1.54) is 37.7 Å². The molecule has 3 nitrogen and oxygen atoms in total. The number of ketones is 1. The molecule has 8 atom stereocenters. The second-order valence-electron chi connectivity index (χ2n) is 10.9. The number of hydrogen-bond donors (Lipinski definition) is 0. The van der Waals surface area contributed by atoms with Gasteiger partial charge < -0.3 is 9.47 Å². The number of carbonyl (C=O) groups is 1. The van der Waals surface area contributed by atoms with Gasteiger partial charge >= 0.3 is 0 Å². The van der Waals surface area contributed by atoms with Crippen molar-refractivity contribution in [3.8, 4) is 0 Å². The molecular weight excluding hydrogens is 324 g/mol. The van der Waals surface area contributed by atoms with Crippen LogP contribution < -0.4 is 0 Å². The van der Waals surface area contributed by atoms with Crippen LogP contribution in [0.1, 0.15) is 65.7 Å². The van der Waals surface area contributed by atoms with E-state index in [1.54, 1.807) is 0 Å². The van der Waals surface area contributed by atoms with Gasteiger partial charge in [0.2, 0.25) is 0 Å². The molecule has 2 heterocycles. The zero-order valence-electron chi connectivity index (χ0n) is 16.5. The van der Waals surface area contributed by atoms with Gasteiger partial charge in [-0.2, -0.15) is 0 Å². The van der Waals surface area contributed by atoms with E-state index in [2.05, 4.69) is 27.4 Å². The molecule has 0 aromatic heterocycles. The van der Waals surface area contributed by atoms with E-state index in [9.17, 15) is 4.79 Å². The van der Waals surface area contributed by atoms with Crippen LogP contribution in [-0.4, -0.2) is 29.7 Å². The highest BCUT2D eigenvalue weighted by Crippen LogP contribution is 2.89. The Morgan fingerprint density at radius 1 is 1.35 bits per heavy atom. The van der Waals surface area contributed by atoms with Crippen LogP contribution in [0.4, 0.5) is 0 Å². The van der Waals surface area contributed by atoms with Crippen molar-refractivity contribution in [2.75, 3.05) is 6.61 Å². The fraction of sp³-hybridized carbons (Fsp3) is 0.870. The number of Topliss-reactive ketones (excluding diaryl/α,β-unsaturated/α-hetero) is 1. The molecular formula is C23H32O3. The molecule has 142 valence electrons. The molecule has 5 aliphatic carbocycles. The maximum Gasteiger partial charge on any atom is 0.174 e. The summed E-state index contributed by atoms with van der Waals surface area (Å²) in [5.74, 6) is 2.68. The topological polar surface area (TPSA) is 42.1 Å². The van der Waals surface area contributed by atoms with Gasteiger partial charge in [0, 0.05) is 10.8 Å². The fourth-order valence-electron chi connectivity index (χ4n) is 8.21. The number of rotatable bonds is 4. The molecule has 3 spiro atoms. The molecule has 2 saturated heterocycles. The third-order valence-corrected chi connectivity index (χ3v) is 9.63. The average molecular weight is 357 g/mol. The fourth-order valence-corrected chi connectivity index (χ4v) is 8.21. The van der Waals surface area contributed by atoms with E-state index < -0.39 is 0 Å². The van der Waals surface area contributed by atoms with Crippen molar-refractivity contribution < 1.29 is 14.3 Å². The molecule has 7 rings (SSSR count). The van der Waals surface area contributed by atoms with Crippen molar-refractivity contribution in [3.05, 3.63) is 12.2 Å². The van der Waals surface area contributed by atoms with E-state index in [4.69, 9.17) is 9.47 Å². The van der Waals surface area contributed by atoms with Crippen molar-refractivity contribution in [1.82, 2.24) is 0 Å². The van der Waals surface area contributed by atoms with Crippen LogP contribution in [0.3, 0.4) is 0 Å². The van der Waals surface area contributed by atoms with Crippen LogP contribution in [0, 0.1) is 34.5 Å². The molecule has 2 aliphatic heterocycles. The van der Waals surface area contributed by atoms with Crippen molar-refractivity contribution in [2.24, 2.45) is 34.5 Å². The zero-order valence-corrected chi connectivity index (χ0v) is 16.5. The SMILES string of the molecule is C=C1CC23CCC(CC2C2(C1C)C1OC12CCCC(C)C)C1(CO1)C3=O. The lowest BCUT2D eigenvalue weighted by Gasteiger charge is -2.62. The van der Waals surface area contributed by atoms with Crippen molar-refractivity contribution >= 4 is 5.78 Å². The molecule has 26 heavy (non-hydrogen) atoms. The smallest absolute Gasteiger partial charge is 0.174 e. The molecule has 5 saturated carbocycles. The van der Waals surface area contributed by atoms with Gasteiger partial charge in [-0.05, 0) is 55.8 Å². The summed E-state index contributed by atoms with van der Waals surface area (Å²) in [6, 6.07) is 0. The first-order valence-electron chi connectivity index (χ1n) is 10.9. The van der Waals surface area contributed by atoms with E-state index in [0.717, 1.165) is 18.8 Å². The first kappa shape index (κ1) is 16.3. The lowest BCUT2D eigenvalue weighted by atomic mass is 9.41. The summed E-state index contributed by atoms with van der Waals surface area (Å²) in [7, 11) is 0. The van der Waals surface area contributed by atoms with Gasteiger partial charge in [0.1, 0.15) is 5.60 Å². The molecule has 0 aromatic rings. The summed E-state index contributed by atoms with van der Waals surface area (Å²) >= 11 is 0. The number of ether oxygens (including phenoxy) is 2. The highest BCUT2D eigenvalue weighted by molar-refractivity contribution is 5.98. The maximum atomic E-state index is 13.6. The number of carbonyl (C=O) groups excluding carboxylic acids is 1. The predicted octanol–water partition coefficient (Wildman–Crippen LogP) is 4.30. The van der Waals surface area contributed by atoms with Gasteiger partial charge in [0.15, 0.2) is 11.4 Å². The Balaban J connectivity index is 1.37. The maximum absolute atomic E-state index is 13.6. The van der Waals surface area contributed by atoms with E-state index in [1.807, 2.05) is 0 Å². The van der Waals surface area contributed by atoms with Gasteiger partial charge in [-0.15, -0.1) is 0 Å². The lowest BCUT2D eigenvalue weighted by molar-refractivity contribution is -0.181. The van der Waals surface area contributed by atoms with Crippen molar-refractivity contribution in [3.63, 3.8) is 0 Å². The first-order valence-corrected chi connectivity index (χ1v) is 10.9. The minimum Gasteiger partial charge on any atom is -0.365 e. The monoisotopic (exact) mass is 356 g/mol. The Bertz CT molecular complexity index is 721. The van der Waals surface area contributed by atoms with Gasteiger partial charge in [0.05, 0.1) is 12.7 Å². The Hall–Kier alpha value is -0.670.